The minimum absolute atomic E-state index is 0.0404. The maximum absolute atomic E-state index is 13.4. The summed E-state index contributed by atoms with van der Waals surface area (Å²) in [7, 11) is 0. The van der Waals surface area contributed by atoms with Gasteiger partial charge in [-0.3, -0.25) is 14.6 Å². The van der Waals surface area contributed by atoms with Crippen LogP contribution in [0.15, 0.2) is 60.7 Å². The van der Waals surface area contributed by atoms with Crippen molar-refractivity contribution in [1.82, 2.24) is 9.88 Å². The third kappa shape index (κ3) is 3.80. The van der Waals surface area contributed by atoms with Gasteiger partial charge in [-0.05, 0) is 49.9 Å². The van der Waals surface area contributed by atoms with Crippen LogP contribution in [0.1, 0.15) is 47.7 Å². The van der Waals surface area contributed by atoms with Crippen LogP contribution in [0, 0.1) is 5.92 Å². The van der Waals surface area contributed by atoms with Gasteiger partial charge in [0.15, 0.2) is 0 Å². The second-order valence-corrected chi connectivity index (χ2v) is 8.31. The Morgan fingerprint density at radius 2 is 1.60 bits per heavy atom. The Morgan fingerprint density at radius 1 is 0.900 bits per heavy atom. The second kappa shape index (κ2) is 7.90. The zero-order valence-electron chi connectivity index (χ0n) is 16.9. The number of rotatable bonds is 4. The minimum atomic E-state index is -0.0644. The molecule has 0 atom stereocenters. The monoisotopic (exact) mass is 399 g/mol. The number of aromatic nitrogens is 1. The van der Waals surface area contributed by atoms with Crippen LogP contribution in [-0.2, 0) is 4.79 Å². The predicted molar refractivity (Wildman–Crippen MR) is 117 cm³/mol. The van der Waals surface area contributed by atoms with Crippen molar-refractivity contribution in [3.63, 3.8) is 0 Å². The largest absolute Gasteiger partial charge is 0.339 e. The number of fused-ring (bicyclic) bond motifs is 1. The molecule has 2 aromatic carbocycles. The summed E-state index contributed by atoms with van der Waals surface area (Å²) in [6.45, 7) is 1.20. The molecule has 2 heterocycles. The van der Waals surface area contributed by atoms with Crippen molar-refractivity contribution >= 4 is 28.4 Å². The highest BCUT2D eigenvalue weighted by molar-refractivity contribution is 6.06. The van der Waals surface area contributed by atoms with E-state index in [9.17, 15) is 9.59 Å². The number of para-hydroxylation sites is 2. The Morgan fingerprint density at radius 3 is 2.33 bits per heavy atom. The third-order valence-electron chi connectivity index (χ3n) is 6.16. The number of nitrogens with zero attached hydrogens (tertiary/aromatic N) is 2. The van der Waals surface area contributed by atoms with Crippen LogP contribution >= 0.6 is 0 Å². The lowest BCUT2D eigenvalue weighted by molar-refractivity contribution is -0.121. The molecule has 5 heteroatoms. The molecule has 1 aliphatic carbocycles. The first-order valence-corrected chi connectivity index (χ1v) is 10.7. The summed E-state index contributed by atoms with van der Waals surface area (Å²) in [5.41, 5.74) is 3.49. The van der Waals surface area contributed by atoms with Crippen molar-refractivity contribution < 1.29 is 9.59 Å². The lowest BCUT2D eigenvalue weighted by atomic mass is 9.94. The molecule has 30 heavy (non-hydrogen) atoms. The summed E-state index contributed by atoms with van der Waals surface area (Å²) in [6, 6.07) is 19.4. The fraction of sp³-hybridized carbons (Fsp3) is 0.320. The minimum Gasteiger partial charge on any atom is -0.339 e. The number of benzene rings is 2. The standard InChI is InChI=1S/C25H25N3O2/c29-24(26-19-6-2-1-3-7-19)18-12-14-28(15-13-18)25(30)21-16-23(17-10-11-17)27-22-9-5-4-8-20(21)22/h1-9,16-18H,10-15H2,(H,26,29). The van der Waals surface area contributed by atoms with Gasteiger partial charge in [-0.1, -0.05) is 36.4 Å². The summed E-state index contributed by atoms with van der Waals surface area (Å²) in [5.74, 6) is 0.523. The fourth-order valence-electron chi connectivity index (χ4n) is 4.24. The average Bonchev–Trinajstić information content (AvgIpc) is 3.64. The summed E-state index contributed by atoms with van der Waals surface area (Å²) in [5, 5.41) is 3.90. The topological polar surface area (TPSA) is 62.3 Å². The smallest absolute Gasteiger partial charge is 0.254 e. The van der Waals surface area contributed by atoms with Gasteiger partial charge < -0.3 is 10.2 Å². The van der Waals surface area contributed by atoms with Crippen LogP contribution in [0.4, 0.5) is 5.69 Å². The average molecular weight is 399 g/mol. The first kappa shape index (κ1) is 18.8. The summed E-state index contributed by atoms with van der Waals surface area (Å²) in [4.78, 5) is 32.6. The molecule has 0 unspecified atom stereocenters. The predicted octanol–water partition coefficient (Wildman–Crippen LogP) is 4.60. The molecule has 0 radical (unpaired) electrons. The molecule has 152 valence electrons. The van der Waals surface area contributed by atoms with Gasteiger partial charge in [0.25, 0.3) is 5.91 Å². The van der Waals surface area contributed by atoms with Gasteiger partial charge in [-0.25, -0.2) is 0 Å². The molecule has 1 aromatic heterocycles. The molecule has 5 rings (SSSR count). The van der Waals surface area contributed by atoms with Crippen LogP contribution < -0.4 is 5.32 Å². The Balaban J connectivity index is 1.30. The van der Waals surface area contributed by atoms with Gasteiger partial charge in [0.05, 0.1) is 11.1 Å². The summed E-state index contributed by atoms with van der Waals surface area (Å²) < 4.78 is 0. The Hall–Kier alpha value is -3.21. The fourth-order valence-corrected chi connectivity index (χ4v) is 4.24. The van der Waals surface area contributed by atoms with E-state index in [0.29, 0.717) is 31.8 Å². The summed E-state index contributed by atoms with van der Waals surface area (Å²) in [6.07, 6.45) is 3.67. The van der Waals surface area contributed by atoms with E-state index in [1.807, 2.05) is 65.6 Å². The van der Waals surface area contributed by atoms with E-state index in [-0.39, 0.29) is 17.7 Å². The van der Waals surface area contributed by atoms with E-state index < -0.39 is 0 Å². The molecule has 0 bridgehead atoms. The van der Waals surface area contributed by atoms with E-state index in [2.05, 4.69) is 5.32 Å². The number of carbonyl (C=O) groups excluding carboxylic acids is 2. The van der Waals surface area contributed by atoms with E-state index in [1.54, 1.807) is 0 Å². The maximum Gasteiger partial charge on any atom is 0.254 e. The van der Waals surface area contributed by atoms with E-state index in [1.165, 1.54) is 0 Å². The number of piperidine rings is 1. The van der Waals surface area contributed by atoms with Crippen molar-refractivity contribution in [2.45, 2.75) is 31.6 Å². The number of hydrogen-bond donors (Lipinski definition) is 1. The molecule has 2 aliphatic rings. The molecule has 1 N–H and O–H groups in total. The van der Waals surface area contributed by atoms with Crippen molar-refractivity contribution in [1.29, 1.82) is 0 Å². The molecule has 1 saturated heterocycles. The number of pyridine rings is 1. The van der Waals surface area contributed by atoms with E-state index >= 15 is 0 Å². The highest BCUT2D eigenvalue weighted by Crippen LogP contribution is 2.40. The number of carbonyl (C=O) groups is 2. The Labute approximate surface area is 176 Å². The number of amides is 2. The van der Waals surface area contributed by atoms with E-state index in [4.69, 9.17) is 4.98 Å². The van der Waals surface area contributed by atoms with Crippen LogP contribution in [0.25, 0.3) is 10.9 Å². The van der Waals surface area contributed by atoms with Gasteiger partial charge in [-0.2, -0.15) is 0 Å². The highest BCUT2D eigenvalue weighted by Gasteiger charge is 2.31. The van der Waals surface area contributed by atoms with Crippen LogP contribution in [0.2, 0.25) is 0 Å². The van der Waals surface area contributed by atoms with Crippen molar-refractivity contribution in [3.8, 4) is 0 Å². The van der Waals surface area contributed by atoms with Gasteiger partial charge in [0.2, 0.25) is 5.91 Å². The zero-order valence-corrected chi connectivity index (χ0v) is 16.9. The molecule has 1 aliphatic heterocycles. The molecular formula is C25H25N3O2. The molecular weight excluding hydrogens is 374 g/mol. The van der Waals surface area contributed by atoms with Crippen molar-refractivity contribution in [2.75, 3.05) is 18.4 Å². The van der Waals surface area contributed by atoms with Crippen LogP contribution in [-0.4, -0.2) is 34.8 Å². The third-order valence-corrected chi connectivity index (χ3v) is 6.16. The number of likely N-dealkylation sites (tertiary alicyclic amines) is 1. The number of hydrogen-bond acceptors (Lipinski definition) is 3. The highest BCUT2D eigenvalue weighted by atomic mass is 16.2. The normalized spacial score (nSPS) is 17.1. The first-order chi connectivity index (χ1) is 14.7. The molecule has 2 fully saturated rings. The van der Waals surface area contributed by atoms with E-state index in [0.717, 1.165) is 40.7 Å². The first-order valence-electron chi connectivity index (χ1n) is 10.7. The molecule has 5 nitrogen and oxygen atoms in total. The van der Waals surface area contributed by atoms with Gasteiger partial charge >= 0.3 is 0 Å². The lowest BCUT2D eigenvalue weighted by Gasteiger charge is -2.31. The molecule has 3 aromatic rings. The quantitative estimate of drug-likeness (QED) is 0.697. The van der Waals surface area contributed by atoms with Crippen molar-refractivity contribution in [3.05, 3.63) is 71.9 Å². The molecule has 0 spiro atoms. The SMILES string of the molecule is O=C(Nc1ccccc1)C1CCN(C(=O)c2cc(C3CC3)nc3ccccc23)CC1. The van der Waals surface area contributed by atoms with Crippen LogP contribution in [0.5, 0.6) is 0 Å². The Kier molecular flexibility index (Phi) is 4.95. The van der Waals surface area contributed by atoms with Crippen molar-refractivity contribution in [2.24, 2.45) is 5.92 Å². The number of anilines is 1. The Bertz CT molecular complexity index is 1080. The summed E-state index contributed by atoms with van der Waals surface area (Å²) >= 11 is 0. The van der Waals surface area contributed by atoms with Gasteiger partial charge in [0.1, 0.15) is 0 Å². The number of nitrogens with one attached hydrogen (secondary N) is 1. The molecule has 1 saturated carbocycles. The zero-order chi connectivity index (χ0) is 20.5. The lowest BCUT2D eigenvalue weighted by Crippen LogP contribution is -2.41. The van der Waals surface area contributed by atoms with Gasteiger partial charge in [0, 0.05) is 41.7 Å². The molecule has 2 amide bonds. The van der Waals surface area contributed by atoms with Gasteiger partial charge in [-0.15, -0.1) is 0 Å². The van der Waals surface area contributed by atoms with Crippen LogP contribution in [0.3, 0.4) is 0 Å². The maximum atomic E-state index is 13.4. The second-order valence-electron chi connectivity index (χ2n) is 8.31.